The molecule has 0 spiro atoms. The first-order valence-electron chi connectivity index (χ1n) is 7.64. The van der Waals surface area contributed by atoms with Gasteiger partial charge in [0.25, 0.3) is 0 Å². The number of hydrogen-bond acceptors (Lipinski definition) is 3. The van der Waals surface area contributed by atoms with Gasteiger partial charge in [-0.3, -0.25) is 4.79 Å². The molecule has 108 valence electrons. The van der Waals surface area contributed by atoms with Crippen molar-refractivity contribution in [2.24, 2.45) is 5.92 Å². The maximum Gasteiger partial charge on any atom is 0.229 e. The summed E-state index contributed by atoms with van der Waals surface area (Å²) >= 11 is 1.66. The van der Waals surface area contributed by atoms with Crippen LogP contribution < -0.4 is 5.32 Å². The molecule has 1 saturated carbocycles. The van der Waals surface area contributed by atoms with Crippen molar-refractivity contribution in [3.05, 3.63) is 46.5 Å². The molecule has 0 unspecified atom stereocenters. The number of fused-ring (bicyclic) bond motifs is 1. The summed E-state index contributed by atoms with van der Waals surface area (Å²) < 4.78 is 0. The fourth-order valence-electron chi connectivity index (χ4n) is 2.99. The van der Waals surface area contributed by atoms with Gasteiger partial charge in [0.1, 0.15) is 0 Å². The summed E-state index contributed by atoms with van der Waals surface area (Å²) in [6.45, 7) is 0. The first-order valence-corrected chi connectivity index (χ1v) is 8.45. The summed E-state index contributed by atoms with van der Waals surface area (Å²) in [6, 6.07) is 10.7. The molecule has 1 amide bonds. The molecule has 4 rings (SSSR count). The van der Waals surface area contributed by atoms with Gasteiger partial charge in [-0.2, -0.15) is 0 Å². The standard InChI is InChI=1S/C17H18N2OS/c20-16(12-6-7-12)19-17-18-14-9-8-13(10-15(14)21-17)11-4-2-1-3-5-11/h1-5,12-13H,6-10H2,(H,18,19,20)/t13-/m0/s1. The van der Waals surface area contributed by atoms with Gasteiger partial charge in [-0.15, -0.1) is 11.3 Å². The van der Waals surface area contributed by atoms with Gasteiger partial charge in [-0.1, -0.05) is 30.3 Å². The van der Waals surface area contributed by atoms with Gasteiger partial charge in [0.05, 0.1) is 5.69 Å². The number of amides is 1. The lowest BCUT2D eigenvalue weighted by atomic mass is 9.85. The molecule has 21 heavy (non-hydrogen) atoms. The molecule has 1 heterocycles. The fraction of sp³-hybridized carbons (Fsp3) is 0.412. The Morgan fingerprint density at radius 2 is 2.00 bits per heavy atom. The first kappa shape index (κ1) is 13.0. The van der Waals surface area contributed by atoms with E-state index < -0.39 is 0 Å². The summed E-state index contributed by atoms with van der Waals surface area (Å²) in [5.41, 5.74) is 2.61. The largest absolute Gasteiger partial charge is 0.302 e. The summed E-state index contributed by atoms with van der Waals surface area (Å²) in [5, 5.41) is 3.78. The summed E-state index contributed by atoms with van der Waals surface area (Å²) in [4.78, 5) is 17.8. The molecule has 1 fully saturated rings. The highest BCUT2D eigenvalue weighted by Crippen LogP contribution is 2.37. The highest BCUT2D eigenvalue weighted by atomic mass is 32.1. The Bertz CT molecular complexity index is 661. The molecule has 3 nitrogen and oxygen atoms in total. The van der Waals surface area contributed by atoms with Crippen LogP contribution >= 0.6 is 11.3 Å². The zero-order valence-corrected chi connectivity index (χ0v) is 12.7. The molecule has 0 aliphatic heterocycles. The molecule has 2 aliphatic carbocycles. The first-order chi connectivity index (χ1) is 10.3. The van der Waals surface area contributed by atoms with Crippen molar-refractivity contribution in [3.8, 4) is 0 Å². The molecule has 0 bridgehead atoms. The smallest absolute Gasteiger partial charge is 0.229 e. The van der Waals surface area contributed by atoms with Crippen LogP contribution in [0.25, 0.3) is 0 Å². The van der Waals surface area contributed by atoms with Gasteiger partial charge in [-0.25, -0.2) is 4.98 Å². The molecule has 1 aromatic heterocycles. The Morgan fingerprint density at radius 1 is 1.19 bits per heavy atom. The van der Waals surface area contributed by atoms with Crippen LogP contribution in [0.1, 0.15) is 41.3 Å². The third-order valence-corrected chi connectivity index (χ3v) is 5.42. The van der Waals surface area contributed by atoms with Gasteiger partial charge in [0.15, 0.2) is 5.13 Å². The van der Waals surface area contributed by atoms with Crippen molar-refractivity contribution in [1.82, 2.24) is 4.98 Å². The SMILES string of the molecule is O=C(Nc1nc2c(s1)C[C@@H](c1ccccc1)CC2)C1CC1. The predicted molar refractivity (Wildman–Crippen MR) is 84.7 cm³/mol. The van der Waals surface area contributed by atoms with Crippen molar-refractivity contribution in [1.29, 1.82) is 0 Å². The number of nitrogens with one attached hydrogen (secondary N) is 1. The average molecular weight is 298 g/mol. The second-order valence-electron chi connectivity index (χ2n) is 6.00. The minimum absolute atomic E-state index is 0.153. The van der Waals surface area contributed by atoms with Gasteiger partial charge >= 0.3 is 0 Å². The zero-order valence-electron chi connectivity index (χ0n) is 11.8. The van der Waals surface area contributed by atoms with E-state index in [0.29, 0.717) is 5.92 Å². The molecule has 1 aromatic carbocycles. The van der Waals surface area contributed by atoms with E-state index in [2.05, 4.69) is 40.6 Å². The van der Waals surface area contributed by atoms with Crippen LogP contribution in [0, 0.1) is 5.92 Å². The molecular formula is C17H18N2OS. The number of nitrogens with zero attached hydrogens (tertiary/aromatic N) is 1. The second-order valence-corrected chi connectivity index (χ2v) is 7.09. The molecule has 1 N–H and O–H groups in total. The maximum atomic E-state index is 11.8. The van der Waals surface area contributed by atoms with Crippen molar-refractivity contribution in [3.63, 3.8) is 0 Å². The zero-order chi connectivity index (χ0) is 14.2. The van der Waals surface area contributed by atoms with Crippen LogP contribution in [0.3, 0.4) is 0 Å². The maximum absolute atomic E-state index is 11.8. The number of carbonyl (C=O) groups excluding carboxylic acids is 1. The van der Waals surface area contributed by atoms with E-state index in [-0.39, 0.29) is 11.8 Å². The molecule has 0 radical (unpaired) electrons. The van der Waals surface area contributed by atoms with Crippen molar-refractivity contribution in [2.45, 2.75) is 38.0 Å². The molecule has 0 saturated heterocycles. The van der Waals surface area contributed by atoms with Gasteiger partial charge in [0.2, 0.25) is 5.91 Å². The number of aryl methyl sites for hydroxylation is 1. The molecule has 1 atom stereocenters. The highest BCUT2D eigenvalue weighted by molar-refractivity contribution is 7.15. The van der Waals surface area contributed by atoms with E-state index >= 15 is 0 Å². The Morgan fingerprint density at radius 3 is 2.76 bits per heavy atom. The fourth-order valence-corrected chi connectivity index (χ4v) is 4.08. The lowest BCUT2D eigenvalue weighted by Crippen LogP contribution is -2.13. The van der Waals surface area contributed by atoms with Crippen LogP contribution in [0.5, 0.6) is 0 Å². The van der Waals surface area contributed by atoms with Gasteiger partial charge in [-0.05, 0) is 43.6 Å². The quantitative estimate of drug-likeness (QED) is 0.937. The Kier molecular flexibility index (Phi) is 3.26. The lowest BCUT2D eigenvalue weighted by molar-refractivity contribution is -0.117. The van der Waals surface area contributed by atoms with E-state index in [1.807, 2.05) is 0 Å². The van der Waals surface area contributed by atoms with Crippen molar-refractivity contribution < 1.29 is 4.79 Å². The molecule has 2 aliphatic rings. The number of rotatable bonds is 3. The minimum Gasteiger partial charge on any atom is -0.302 e. The number of thiazole rings is 1. The normalized spacial score (nSPS) is 20.9. The van der Waals surface area contributed by atoms with Gasteiger partial charge in [0, 0.05) is 10.8 Å². The van der Waals surface area contributed by atoms with Crippen molar-refractivity contribution >= 4 is 22.4 Å². The Labute approximate surface area is 128 Å². The number of aromatic nitrogens is 1. The highest BCUT2D eigenvalue weighted by Gasteiger charge is 2.31. The lowest BCUT2D eigenvalue weighted by Gasteiger charge is -2.21. The number of benzene rings is 1. The summed E-state index contributed by atoms with van der Waals surface area (Å²) in [7, 11) is 0. The molecule has 4 heteroatoms. The van der Waals surface area contributed by atoms with E-state index in [1.165, 1.54) is 16.1 Å². The van der Waals surface area contributed by atoms with Crippen LogP contribution in [0.2, 0.25) is 0 Å². The minimum atomic E-state index is 0.153. The third-order valence-electron chi connectivity index (χ3n) is 4.39. The van der Waals surface area contributed by atoms with Crippen LogP contribution in [-0.4, -0.2) is 10.9 Å². The van der Waals surface area contributed by atoms with Crippen LogP contribution in [-0.2, 0) is 17.6 Å². The van der Waals surface area contributed by atoms with Crippen LogP contribution in [0.4, 0.5) is 5.13 Å². The van der Waals surface area contributed by atoms with E-state index in [0.717, 1.165) is 37.2 Å². The average Bonchev–Trinajstić information content (AvgIpc) is 3.28. The predicted octanol–water partition coefficient (Wildman–Crippen LogP) is 3.76. The molecule has 2 aromatic rings. The van der Waals surface area contributed by atoms with E-state index in [9.17, 15) is 4.79 Å². The number of hydrogen-bond donors (Lipinski definition) is 1. The van der Waals surface area contributed by atoms with Crippen LogP contribution in [0.15, 0.2) is 30.3 Å². The second kappa shape index (κ2) is 5.26. The van der Waals surface area contributed by atoms with E-state index in [4.69, 9.17) is 0 Å². The molecular weight excluding hydrogens is 280 g/mol. The summed E-state index contributed by atoms with van der Waals surface area (Å²) in [5.74, 6) is 0.981. The Balaban J connectivity index is 1.50. The monoisotopic (exact) mass is 298 g/mol. The third kappa shape index (κ3) is 2.72. The van der Waals surface area contributed by atoms with Gasteiger partial charge < -0.3 is 5.32 Å². The van der Waals surface area contributed by atoms with Crippen molar-refractivity contribution in [2.75, 3.05) is 5.32 Å². The summed E-state index contributed by atoms with van der Waals surface area (Å²) in [6.07, 6.45) is 5.29. The van der Waals surface area contributed by atoms with E-state index in [1.54, 1.807) is 11.3 Å². The Hall–Kier alpha value is -1.68. The topological polar surface area (TPSA) is 42.0 Å². The number of carbonyl (C=O) groups is 1. The number of anilines is 1.